The SMILES string of the molecule is CCCCC[C@@H]1C(=NCc2ccccc2)n2nnnc2[C@@H]2CCCN12. The van der Waals surface area contributed by atoms with Gasteiger partial charge in [-0.25, -0.2) is 0 Å². The van der Waals surface area contributed by atoms with Crippen molar-refractivity contribution < 1.29 is 0 Å². The monoisotopic (exact) mass is 338 g/mol. The van der Waals surface area contributed by atoms with Crippen LogP contribution < -0.4 is 0 Å². The first-order valence-corrected chi connectivity index (χ1v) is 9.51. The van der Waals surface area contributed by atoms with Gasteiger partial charge in [-0.3, -0.25) is 9.89 Å². The highest BCUT2D eigenvalue weighted by Gasteiger charge is 2.42. The summed E-state index contributed by atoms with van der Waals surface area (Å²) >= 11 is 0. The van der Waals surface area contributed by atoms with Crippen LogP contribution in [0.2, 0.25) is 0 Å². The summed E-state index contributed by atoms with van der Waals surface area (Å²) in [6.07, 6.45) is 7.24. The molecular formula is C19H26N6. The van der Waals surface area contributed by atoms with Gasteiger partial charge in [0.15, 0.2) is 5.82 Å². The molecule has 0 radical (unpaired) electrons. The fraction of sp³-hybridized carbons (Fsp3) is 0.579. The molecule has 1 saturated heterocycles. The molecule has 1 aromatic carbocycles. The normalized spacial score (nSPS) is 24.4. The Hall–Kier alpha value is -2.08. The number of rotatable bonds is 6. The average molecular weight is 338 g/mol. The summed E-state index contributed by atoms with van der Waals surface area (Å²) in [7, 11) is 0. The molecule has 0 spiro atoms. The van der Waals surface area contributed by atoms with E-state index in [1.807, 2.05) is 10.7 Å². The number of hydrogen-bond acceptors (Lipinski definition) is 5. The molecule has 6 nitrogen and oxygen atoms in total. The predicted octanol–water partition coefficient (Wildman–Crippen LogP) is 3.22. The van der Waals surface area contributed by atoms with Gasteiger partial charge in [0.05, 0.1) is 18.6 Å². The zero-order valence-electron chi connectivity index (χ0n) is 14.9. The Morgan fingerprint density at radius 2 is 2.08 bits per heavy atom. The number of unbranched alkanes of at least 4 members (excludes halogenated alkanes) is 2. The molecule has 0 saturated carbocycles. The Morgan fingerprint density at radius 1 is 1.20 bits per heavy atom. The molecule has 2 aromatic rings. The zero-order valence-corrected chi connectivity index (χ0v) is 14.9. The first-order valence-electron chi connectivity index (χ1n) is 9.51. The highest BCUT2D eigenvalue weighted by molar-refractivity contribution is 5.90. The summed E-state index contributed by atoms with van der Waals surface area (Å²) in [6, 6.07) is 11.1. The van der Waals surface area contributed by atoms with E-state index in [1.165, 1.54) is 31.2 Å². The van der Waals surface area contributed by atoms with Crippen LogP contribution in [-0.2, 0) is 6.54 Å². The quantitative estimate of drug-likeness (QED) is 0.759. The molecule has 132 valence electrons. The second kappa shape index (κ2) is 7.44. The lowest BCUT2D eigenvalue weighted by atomic mass is 10.0. The van der Waals surface area contributed by atoms with Crippen LogP contribution in [0.5, 0.6) is 0 Å². The second-order valence-electron chi connectivity index (χ2n) is 7.02. The summed E-state index contributed by atoms with van der Waals surface area (Å²) in [5, 5.41) is 12.6. The molecule has 0 N–H and O–H groups in total. The topological polar surface area (TPSA) is 59.2 Å². The number of tetrazole rings is 1. The number of fused-ring (bicyclic) bond motifs is 3. The molecule has 2 atom stereocenters. The molecule has 1 fully saturated rings. The van der Waals surface area contributed by atoms with Gasteiger partial charge in [-0.15, -0.1) is 5.10 Å². The van der Waals surface area contributed by atoms with Gasteiger partial charge in [0.2, 0.25) is 0 Å². The van der Waals surface area contributed by atoms with Crippen LogP contribution in [0.25, 0.3) is 0 Å². The molecule has 0 unspecified atom stereocenters. The summed E-state index contributed by atoms with van der Waals surface area (Å²) in [4.78, 5) is 7.57. The van der Waals surface area contributed by atoms with Crippen molar-refractivity contribution >= 4 is 5.84 Å². The smallest absolute Gasteiger partial charge is 0.175 e. The van der Waals surface area contributed by atoms with Crippen molar-refractivity contribution in [2.24, 2.45) is 4.99 Å². The van der Waals surface area contributed by atoms with Crippen LogP contribution in [0.3, 0.4) is 0 Å². The van der Waals surface area contributed by atoms with Crippen LogP contribution in [0.4, 0.5) is 0 Å². The molecule has 1 aromatic heterocycles. The highest BCUT2D eigenvalue weighted by Crippen LogP contribution is 2.37. The third-order valence-electron chi connectivity index (χ3n) is 5.35. The number of benzene rings is 1. The van der Waals surface area contributed by atoms with Gasteiger partial charge in [-0.05, 0) is 41.8 Å². The Kier molecular flexibility index (Phi) is 4.88. The van der Waals surface area contributed by atoms with Crippen molar-refractivity contribution in [3.63, 3.8) is 0 Å². The maximum atomic E-state index is 4.98. The largest absolute Gasteiger partial charge is 0.283 e. The van der Waals surface area contributed by atoms with Gasteiger partial charge in [0, 0.05) is 0 Å². The van der Waals surface area contributed by atoms with E-state index in [0.717, 1.165) is 31.0 Å². The average Bonchev–Trinajstić information content (AvgIpc) is 3.30. The zero-order chi connectivity index (χ0) is 17.1. The Bertz CT molecular complexity index is 723. The minimum Gasteiger partial charge on any atom is -0.283 e. The van der Waals surface area contributed by atoms with Gasteiger partial charge in [0.1, 0.15) is 5.84 Å². The maximum Gasteiger partial charge on any atom is 0.175 e. The fourth-order valence-electron chi connectivity index (χ4n) is 4.10. The maximum absolute atomic E-state index is 4.98. The summed E-state index contributed by atoms with van der Waals surface area (Å²) in [5.41, 5.74) is 1.22. The number of hydrogen-bond donors (Lipinski definition) is 0. The molecule has 0 aliphatic carbocycles. The Morgan fingerprint density at radius 3 is 2.92 bits per heavy atom. The van der Waals surface area contributed by atoms with Crippen molar-refractivity contribution in [1.82, 2.24) is 25.1 Å². The first-order chi connectivity index (χ1) is 12.4. The molecule has 0 bridgehead atoms. The van der Waals surface area contributed by atoms with E-state index in [2.05, 4.69) is 51.6 Å². The highest BCUT2D eigenvalue weighted by atomic mass is 15.6. The van der Waals surface area contributed by atoms with Gasteiger partial charge in [-0.2, -0.15) is 4.68 Å². The van der Waals surface area contributed by atoms with E-state index in [0.29, 0.717) is 18.6 Å². The van der Waals surface area contributed by atoms with E-state index < -0.39 is 0 Å². The van der Waals surface area contributed by atoms with E-state index in [4.69, 9.17) is 4.99 Å². The van der Waals surface area contributed by atoms with E-state index >= 15 is 0 Å². The standard InChI is InChI=1S/C19H26N6/c1-2-3-5-11-16-18(20-14-15-9-6-4-7-10-15)25-19(21-22-23-25)17-12-8-13-24(16)17/h4,6-7,9-10,16-17H,2-3,5,8,11-14H2,1H3/t16-,17+/m1/s1. The van der Waals surface area contributed by atoms with Crippen molar-refractivity contribution in [3.05, 3.63) is 41.7 Å². The van der Waals surface area contributed by atoms with Crippen molar-refractivity contribution in [2.75, 3.05) is 6.54 Å². The van der Waals surface area contributed by atoms with Crippen LogP contribution >= 0.6 is 0 Å². The fourth-order valence-corrected chi connectivity index (χ4v) is 4.10. The van der Waals surface area contributed by atoms with Gasteiger partial charge >= 0.3 is 0 Å². The van der Waals surface area contributed by atoms with Crippen LogP contribution in [0, 0.1) is 0 Å². The molecular weight excluding hydrogens is 312 g/mol. The molecule has 3 heterocycles. The van der Waals surface area contributed by atoms with Crippen molar-refractivity contribution in [2.45, 2.75) is 64.1 Å². The van der Waals surface area contributed by atoms with Crippen LogP contribution in [0.15, 0.2) is 35.3 Å². The lowest BCUT2D eigenvalue weighted by Gasteiger charge is -2.37. The van der Waals surface area contributed by atoms with E-state index in [-0.39, 0.29) is 0 Å². The van der Waals surface area contributed by atoms with Crippen molar-refractivity contribution in [1.29, 1.82) is 0 Å². The number of aliphatic imine (C=N–C) groups is 1. The van der Waals surface area contributed by atoms with Gasteiger partial charge in [0.25, 0.3) is 0 Å². The third kappa shape index (κ3) is 3.23. The van der Waals surface area contributed by atoms with Gasteiger partial charge in [-0.1, -0.05) is 56.5 Å². The molecule has 2 aliphatic rings. The molecule has 6 heteroatoms. The van der Waals surface area contributed by atoms with Crippen LogP contribution in [-0.4, -0.2) is 43.5 Å². The second-order valence-corrected chi connectivity index (χ2v) is 7.02. The number of aromatic nitrogens is 4. The summed E-state index contributed by atoms with van der Waals surface area (Å²) in [6.45, 7) is 4.06. The molecule has 25 heavy (non-hydrogen) atoms. The Labute approximate surface area is 148 Å². The van der Waals surface area contributed by atoms with E-state index in [9.17, 15) is 0 Å². The summed E-state index contributed by atoms with van der Waals surface area (Å²) in [5.74, 6) is 1.99. The third-order valence-corrected chi connectivity index (χ3v) is 5.35. The minimum atomic E-state index is 0.332. The van der Waals surface area contributed by atoms with Crippen molar-refractivity contribution in [3.8, 4) is 0 Å². The predicted molar refractivity (Wildman–Crippen MR) is 97.4 cm³/mol. The first kappa shape index (κ1) is 16.4. The number of nitrogens with zero attached hydrogens (tertiary/aromatic N) is 6. The lowest BCUT2D eigenvalue weighted by Crippen LogP contribution is -2.49. The molecule has 4 rings (SSSR count). The summed E-state index contributed by atoms with van der Waals surface area (Å²) < 4.78 is 1.92. The van der Waals surface area contributed by atoms with Crippen LogP contribution in [0.1, 0.15) is 62.9 Å². The van der Waals surface area contributed by atoms with E-state index in [1.54, 1.807) is 0 Å². The Balaban J connectivity index is 1.66. The van der Waals surface area contributed by atoms with Gasteiger partial charge < -0.3 is 0 Å². The lowest BCUT2D eigenvalue weighted by molar-refractivity contribution is 0.186. The molecule has 0 amide bonds. The molecule has 2 aliphatic heterocycles. The minimum absolute atomic E-state index is 0.332.